The van der Waals surface area contributed by atoms with Crippen LogP contribution in [0.5, 0.6) is 0 Å². The lowest BCUT2D eigenvalue weighted by Crippen LogP contribution is -2.25. The van der Waals surface area contributed by atoms with Crippen molar-refractivity contribution in [3.63, 3.8) is 0 Å². The molecule has 0 aliphatic rings. The van der Waals surface area contributed by atoms with Crippen molar-refractivity contribution in [2.45, 2.75) is 19.9 Å². The first-order chi connectivity index (χ1) is 4.72. The molecular weight excluding hydrogens is 128 g/mol. The van der Waals surface area contributed by atoms with E-state index in [2.05, 4.69) is 18.8 Å². The Morgan fingerprint density at radius 1 is 1.60 bits per heavy atom. The lowest BCUT2D eigenvalue weighted by Gasteiger charge is -2.18. The summed E-state index contributed by atoms with van der Waals surface area (Å²) in [5.41, 5.74) is 0. The second-order valence-corrected chi connectivity index (χ2v) is 2.52. The number of rotatable bonds is 2. The number of oxazole rings is 1. The summed E-state index contributed by atoms with van der Waals surface area (Å²) >= 11 is 0. The Hall–Kier alpha value is -0.990. The Morgan fingerprint density at radius 3 is 2.70 bits per heavy atom. The fraction of sp³-hybridized carbons (Fsp3) is 0.571. The van der Waals surface area contributed by atoms with Gasteiger partial charge in [0.05, 0.1) is 6.20 Å². The van der Waals surface area contributed by atoms with Crippen molar-refractivity contribution in [3.05, 3.63) is 12.5 Å². The van der Waals surface area contributed by atoms with Crippen LogP contribution in [0.2, 0.25) is 0 Å². The average Bonchev–Trinajstić information content (AvgIpc) is 2.36. The van der Waals surface area contributed by atoms with Crippen molar-refractivity contribution in [1.82, 2.24) is 4.98 Å². The summed E-state index contributed by atoms with van der Waals surface area (Å²) < 4.78 is 5.07. The molecule has 3 nitrogen and oxygen atoms in total. The molecule has 0 fully saturated rings. The highest BCUT2D eigenvalue weighted by atomic mass is 16.4. The minimum Gasteiger partial charge on any atom is -0.432 e. The smallest absolute Gasteiger partial charge is 0.297 e. The molecule has 0 spiro atoms. The standard InChI is InChI=1S/C7H12N2O/c1-6(2)9(3)7-8-4-5-10-7/h4-6H,1-3H3. The minimum absolute atomic E-state index is 0.429. The number of anilines is 1. The van der Waals surface area contributed by atoms with E-state index in [9.17, 15) is 0 Å². The number of hydrogen-bond donors (Lipinski definition) is 0. The van der Waals surface area contributed by atoms with Gasteiger partial charge in [-0.05, 0) is 13.8 Å². The van der Waals surface area contributed by atoms with E-state index in [1.54, 1.807) is 12.5 Å². The minimum atomic E-state index is 0.429. The number of aromatic nitrogens is 1. The lowest BCUT2D eigenvalue weighted by atomic mass is 10.4. The van der Waals surface area contributed by atoms with Gasteiger partial charge in [0, 0.05) is 13.1 Å². The molecule has 0 aliphatic carbocycles. The molecule has 0 saturated carbocycles. The molecule has 0 saturated heterocycles. The summed E-state index contributed by atoms with van der Waals surface area (Å²) in [5.74, 6) is 0. The Labute approximate surface area is 60.7 Å². The van der Waals surface area contributed by atoms with E-state index < -0.39 is 0 Å². The van der Waals surface area contributed by atoms with Crippen LogP contribution in [0.1, 0.15) is 13.8 Å². The molecule has 0 aliphatic heterocycles. The third-order valence-electron chi connectivity index (χ3n) is 1.50. The van der Waals surface area contributed by atoms with Crippen LogP contribution in [-0.4, -0.2) is 18.1 Å². The Balaban J connectivity index is 2.68. The fourth-order valence-corrected chi connectivity index (χ4v) is 0.611. The van der Waals surface area contributed by atoms with E-state index >= 15 is 0 Å². The average molecular weight is 140 g/mol. The van der Waals surface area contributed by atoms with Gasteiger partial charge in [-0.25, -0.2) is 4.98 Å². The summed E-state index contributed by atoms with van der Waals surface area (Å²) in [5, 5.41) is 0. The first kappa shape index (κ1) is 7.12. The maximum absolute atomic E-state index is 5.07. The van der Waals surface area contributed by atoms with Gasteiger partial charge in [0.25, 0.3) is 6.01 Å². The molecule has 0 amide bonds. The summed E-state index contributed by atoms with van der Waals surface area (Å²) in [6, 6.07) is 1.11. The van der Waals surface area contributed by atoms with Crippen LogP contribution in [0.4, 0.5) is 6.01 Å². The van der Waals surface area contributed by atoms with E-state index in [1.807, 2.05) is 11.9 Å². The van der Waals surface area contributed by atoms with Crippen LogP contribution in [0, 0.1) is 0 Å². The third kappa shape index (κ3) is 1.29. The zero-order valence-corrected chi connectivity index (χ0v) is 6.53. The highest BCUT2D eigenvalue weighted by molar-refractivity contribution is 5.23. The van der Waals surface area contributed by atoms with Crippen LogP contribution in [0.25, 0.3) is 0 Å². The molecule has 1 heterocycles. The number of hydrogen-bond acceptors (Lipinski definition) is 3. The van der Waals surface area contributed by atoms with Crippen molar-refractivity contribution in [1.29, 1.82) is 0 Å². The Morgan fingerprint density at radius 2 is 2.30 bits per heavy atom. The second-order valence-electron chi connectivity index (χ2n) is 2.52. The molecule has 1 aromatic rings. The van der Waals surface area contributed by atoms with Crippen molar-refractivity contribution in [2.24, 2.45) is 0 Å². The molecule has 0 bridgehead atoms. The fourth-order valence-electron chi connectivity index (χ4n) is 0.611. The lowest BCUT2D eigenvalue weighted by molar-refractivity contribution is 0.530. The first-order valence-corrected chi connectivity index (χ1v) is 3.34. The Kier molecular flexibility index (Phi) is 1.94. The predicted octanol–water partition coefficient (Wildman–Crippen LogP) is 1.52. The van der Waals surface area contributed by atoms with Gasteiger partial charge < -0.3 is 9.32 Å². The first-order valence-electron chi connectivity index (χ1n) is 3.34. The zero-order chi connectivity index (χ0) is 7.56. The Bertz CT molecular complexity index is 181. The summed E-state index contributed by atoms with van der Waals surface area (Å²) in [4.78, 5) is 5.97. The van der Waals surface area contributed by atoms with E-state index in [1.165, 1.54) is 0 Å². The topological polar surface area (TPSA) is 29.3 Å². The van der Waals surface area contributed by atoms with Gasteiger partial charge in [-0.3, -0.25) is 0 Å². The van der Waals surface area contributed by atoms with E-state index in [0.29, 0.717) is 12.1 Å². The summed E-state index contributed by atoms with van der Waals surface area (Å²) in [6.45, 7) is 4.18. The number of nitrogens with zero attached hydrogens (tertiary/aromatic N) is 2. The molecule has 10 heavy (non-hydrogen) atoms. The predicted molar refractivity (Wildman–Crippen MR) is 40.0 cm³/mol. The summed E-state index contributed by atoms with van der Waals surface area (Å²) in [6.07, 6.45) is 3.22. The van der Waals surface area contributed by atoms with Gasteiger partial charge in [-0.1, -0.05) is 0 Å². The molecule has 1 rings (SSSR count). The maximum Gasteiger partial charge on any atom is 0.297 e. The molecule has 0 N–H and O–H groups in total. The molecule has 0 atom stereocenters. The molecule has 0 radical (unpaired) electrons. The zero-order valence-electron chi connectivity index (χ0n) is 6.53. The third-order valence-corrected chi connectivity index (χ3v) is 1.50. The SMILES string of the molecule is CC(C)N(C)c1ncco1. The maximum atomic E-state index is 5.07. The van der Waals surface area contributed by atoms with Crippen molar-refractivity contribution in [3.8, 4) is 0 Å². The highest BCUT2D eigenvalue weighted by Gasteiger charge is 2.07. The normalized spacial score (nSPS) is 10.4. The van der Waals surface area contributed by atoms with Crippen LogP contribution < -0.4 is 4.90 Å². The molecular formula is C7H12N2O. The van der Waals surface area contributed by atoms with E-state index in [-0.39, 0.29) is 0 Å². The van der Waals surface area contributed by atoms with Crippen LogP contribution >= 0.6 is 0 Å². The van der Waals surface area contributed by atoms with Crippen LogP contribution in [0.3, 0.4) is 0 Å². The molecule has 0 unspecified atom stereocenters. The second kappa shape index (κ2) is 2.73. The molecule has 56 valence electrons. The van der Waals surface area contributed by atoms with Crippen LogP contribution in [0.15, 0.2) is 16.9 Å². The quantitative estimate of drug-likeness (QED) is 0.623. The van der Waals surface area contributed by atoms with Gasteiger partial charge in [-0.2, -0.15) is 0 Å². The monoisotopic (exact) mass is 140 g/mol. The van der Waals surface area contributed by atoms with Gasteiger partial charge in [0.15, 0.2) is 0 Å². The van der Waals surface area contributed by atoms with Gasteiger partial charge in [0.1, 0.15) is 6.26 Å². The summed E-state index contributed by atoms with van der Waals surface area (Å²) in [7, 11) is 1.95. The molecule has 3 heteroatoms. The molecule has 1 aromatic heterocycles. The largest absolute Gasteiger partial charge is 0.432 e. The molecule has 0 aromatic carbocycles. The van der Waals surface area contributed by atoms with E-state index in [4.69, 9.17) is 4.42 Å². The van der Waals surface area contributed by atoms with Crippen molar-refractivity contribution in [2.75, 3.05) is 11.9 Å². The van der Waals surface area contributed by atoms with Crippen LogP contribution in [-0.2, 0) is 0 Å². The van der Waals surface area contributed by atoms with Gasteiger partial charge in [-0.15, -0.1) is 0 Å². The van der Waals surface area contributed by atoms with Crippen molar-refractivity contribution < 1.29 is 4.42 Å². The van der Waals surface area contributed by atoms with E-state index in [0.717, 1.165) is 0 Å². The van der Waals surface area contributed by atoms with Crippen molar-refractivity contribution >= 4 is 6.01 Å². The van der Waals surface area contributed by atoms with Gasteiger partial charge in [0.2, 0.25) is 0 Å². The highest BCUT2D eigenvalue weighted by Crippen LogP contribution is 2.09. The van der Waals surface area contributed by atoms with Gasteiger partial charge >= 0.3 is 0 Å².